The van der Waals surface area contributed by atoms with Gasteiger partial charge in [-0.05, 0) is 57.2 Å². The Labute approximate surface area is 164 Å². The van der Waals surface area contributed by atoms with Gasteiger partial charge in [0.2, 0.25) is 0 Å². The van der Waals surface area contributed by atoms with E-state index < -0.39 is 0 Å². The molecule has 6 heteroatoms. The molecule has 6 nitrogen and oxygen atoms in total. The molecule has 1 saturated carbocycles. The molecule has 3 aromatic rings. The molecule has 2 aliphatic rings. The second-order valence-corrected chi connectivity index (χ2v) is 8.22. The standard InChI is InChI=1S/C22H26N4O2/c1-15-13-17(28-24-15)10-12-25-11-4-7-20(25)21-23-19-6-3-2-5-18(19)22(27)26(21)14-16-8-9-16/h2-3,5-6,13,16,20H,4,7-12,14H2,1H3. The maximum absolute atomic E-state index is 13.2. The van der Waals surface area contributed by atoms with Gasteiger partial charge in [0, 0.05) is 25.6 Å². The van der Waals surface area contributed by atoms with Crippen LogP contribution >= 0.6 is 0 Å². The maximum Gasteiger partial charge on any atom is 0.261 e. The molecule has 2 fully saturated rings. The lowest BCUT2D eigenvalue weighted by molar-refractivity contribution is 0.235. The highest BCUT2D eigenvalue weighted by atomic mass is 16.5. The van der Waals surface area contributed by atoms with E-state index in [1.807, 2.05) is 41.8 Å². The van der Waals surface area contributed by atoms with E-state index >= 15 is 0 Å². The summed E-state index contributed by atoms with van der Waals surface area (Å²) < 4.78 is 7.35. The van der Waals surface area contributed by atoms with E-state index in [1.165, 1.54) is 12.8 Å². The van der Waals surface area contributed by atoms with Crippen LogP contribution in [0.4, 0.5) is 0 Å². The van der Waals surface area contributed by atoms with E-state index in [0.717, 1.165) is 67.1 Å². The van der Waals surface area contributed by atoms with Crippen molar-refractivity contribution < 1.29 is 4.52 Å². The van der Waals surface area contributed by atoms with Crippen molar-refractivity contribution in [3.8, 4) is 0 Å². The first-order valence-electron chi connectivity index (χ1n) is 10.3. The monoisotopic (exact) mass is 378 g/mol. The fourth-order valence-corrected chi connectivity index (χ4v) is 4.35. The molecule has 0 amide bonds. The number of hydrogen-bond donors (Lipinski definition) is 0. The molecule has 0 spiro atoms. The SMILES string of the molecule is Cc1cc(CCN2CCCC2c2nc3ccccc3c(=O)n2CC2CC2)on1. The third kappa shape index (κ3) is 3.37. The van der Waals surface area contributed by atoms with E-state index in [-0.39, 0.29) is 11.6 Å². The van der Waals surface area contributed by atoms with Crippen LogP contribution in [0.25, 0.3) is 10.9 Å². The van der Waals surface area contributed by atoms with Gasteiger partial charge in [0.1, 0.15) is 11.6 Å². The van der Waals surface area contributed by atoms with Crippen molar-refractivity contribution in [1.29, 1.82) is 0 Å². The lowest BCUT2D eigenvalue weighted by atomic mass is 10.1. The molecule has 0 N–H and O–H groups in total. The first-order valence-corrected chi connectivity index (χ1v) is 10.3. The highest BCUT2D eigenvalue weighted by Crippen LogP contribution is 2.34. The van der Waals surface area contributed by atoms with Crippen molar-refractivity contribution in [2.75, 3.05) is 13.1 Å². The van der Waals surface area contributed by atoms with E-state index in [0.29, 0.717) is 5.92 Å². The Morgan fingerprint density at radius 3 is 2.86 bits per heavy atom. The van der Waals surface area contributed by atoms with Gasteiger partial charge in [-0.1, -0.05) is 17.3 Å². The number of para-hydroxylation sites is 1. The van der Waals surface area contributed by atoms with Crippen LogP contribution in [0, 0.1) is 12.8 Å². The van der Waals surface area contributed by atoms with Crippen LogP contribution in [0.3, 0.4) is 0 Å². The number of nitrogens with zero attached hydrogens (tertiary/aromatic N) is 4. The largest absolute Gasteiger partial charge is 0.361 e. The first kappa shape index (κ1) is 17.6. The topological polar surface area (TPSA) is 64.2 Å². The highest BCUT2D eigenvalue weighted by Gasteiger charge is 2.32. The summed E-state index contributed by atoms with van der Waals surface area (Å²) in [6.45, 7) is 4.67. The van der Waals surface area contributed by atoms with Crippen LogP contribution in [-0.2, 0) is 13.0 Å². The lowest BCUT2D eigenvalue weighted by Gasteiger charge is -2.26. The van der Waals surface area contributed by atoms with Gasteiger partial charge in [0.15, 0.2) is 0 Å². The van der Waals surface area contributed by atoms with Gasteiger partial charge in [-0.15, -0.1) is 0 Å². The lowest BCUT2D eigenvalue weighted by Crippen LogP contribution is -2.33. The zero-order valence-electron chi connectivity index (χ0n) is 16.3. The van der Waals surface area contributed by atoms with Crippen molar-refractivity contribution >= 4 is 10.9 Å². The van der Waals surface area contributed by atoms with Gasteiger partial charge in [-0.2, -0.15) is 0 Å². The predicted molar refractivity (Wildman–Crippen MR) is 107 cm³/mol. The van der Waals surface area contributed by atoms with Crippen LogP contribution in [0.2, 0.25) is 0 Å². The van der Waals surface area contributed by atoms with Gasteiger partial charge in [-0.25, -0.2) is 4.98 Å². The number of fused-ring (bicyclic) bond motifs is 1. The van der Waals surface area contributed by atoms with Gasteiger partial charge >= 0.3 is 0 Å². The molecular formula is C22H26N4O2. The third-order valence-corrected chi connectivity index (χ3v) is 6.01. The summed E-state index contributed by atoms with van der Waals surface area (Å²) in [7, 11) is 0. The minimum absolute atomic E-state index is 0.116. The molecule has 1 saturated heterocycles. The van der Waals surface area contributed by atoms with Gasteiger partial charge < -0.3 is 4.52 Å². The number of aromatic nitrogens is 3. The first-order chi connectivity index (χ1) is 13.7. The Morgan fingerprint density at radius 2 is 2.07 bits per heavy atom. The average Bonchev–Trinajstić information content (AvgIpc) is 3.23. The minimum atomic E-state index is 0.116. The van der Waals surface area contributed by atoms with Gasteiger partial charge in [0.05, 0.1) is 22.6 Å². The number of likely N-dealkylation sites (tertiary alicyclic amines) is 1. The summed E-state index contributed by atoms with van der Waals surface area (Å²) in [5.74, 6) is 2.50. The van der Waals surface area contributed by atoms with Crippen molar-refractivity contribution in [1.82, 2.24) is 19.6 Å². The molecule has 1 unspecified atom stereocenters. The van der Waals surface area contributed by atoms with Crippen LogP contribution in [0.1, 0.15) is 49.0 Å². The molecule has 5 rings (SSSR count). The zero-order valence-corrected chi connectivity index (χ0v) is 16.3. The normalized spacial score (nSPS) is 20.2. The highest BCUT2D eigenvalue weighted by molar-refractivity contribution is 5.77. The van der Waals surface area contributed by atoms with Crippen molar-refractivity contribution in [2.45, 2.75) is 51.6 Å². The predicted octanol–water partition coefficient (Wildman–Crippen LogP) is 3.48. The molecule has 0 bridgehead atoms. The fraction of sp³-hybridized carbons (Fsp3) is 0.500. The Morgan fingerprint density at radius 1 is 1.21 bits per heavy atom. The Hall–Kier alpha value is -2.47. The molecule has 1 aliphatic carbocycles. The van der Waals surface area contributed by atoms with Crippen LogP contribution < -0.4 is 5.56 Å². The summed E-state index contributed by atoms with van der Waals surface area (Å²) in [6, 6.07) is 9.94. The summed E-state index contributed by atoms with van der Waals surface area (Å²) >= 11 is 0. The molecule has 1 aromatic carbocycles. The second-order valence-electron chi connectivity index (χ2n) is 8.22. The van der Waals surface area contributed by atoms with Crippen LogP contribution in [0.15, 0.2) is 39.6 Å². The molecule has 1 aliphatic heterocycles. The van der Waals surface area contributed by atoms with E-state index in [9.17, 15) is 4.79 Å². The molecule has 1 atom stereocenters. The van der Waals surface area contributed by atoms with Gasteiger partial charge in [-0.3, -0.25) is 14.3 Å². The number of benzene rings is 1. The van der Waals surface area contributed by atoms with E-state index in [1.54, 1.807) is 0 Å². The Bertz CT molecular complexity index is 1050. The van der Waals surface area contributed by atoms with Crippen molar-refractivity contribution in [3.63, 3.8) is 0 Å². The Kier molecular flexibility index (Phi) is 4.51. The van der Waals surface area contributed by atoms with E-state index in [2.05, 4.69) is 10.1 Å². The summed E-state index contributed by atoms with van der Waals surface area (Å²) in [5, 5.41) is 4.72. The van der Waals surface area contributed by atoms with Crippen molar-refractivity contribution in [3.05, 3.63) is 58.0 Å². The number of aryl methyl sites for hydroxylation is 1. The average molecular weight is 378 g/mol. The van der Waals surface area contributed by atoms with Gasteiger partial charge in [0.25, 0.3) is 5.56 Å². The quantitative estimate of drug-likeness (QED) is 0.657. The summed E-state index contributed by atoms with van der Waals surface area (Å²) in [6.07, 6.45) is 5.45. The fourth-order valence-electron chi connectivity index (χ4n) is 4.35. The molecule has 2 aromatic heterocycles. The van der Waals surface area contributed by atoms with Crippen LogP contribution in [-0.4, -0.2) is 32.7 Å². The molecule has 0 radical (unpaired) electrons. The van der Waals surface area contributed by atoms with E-state index in [4.69, 9.17) is 9.51 Å². The Balaban J connectivity index is 1.48. The zero-order chi connectivity index (χ0) is 19.1. The smallest absolute Gasteiger partial charge is 0.261 e. The molecule has 146 valence electrons. The van der Waals surface area contributed by atoms with Crippen molar-refractivity contribution in [2.24, 2.45) is 5.92 Å². The third-order valence-electron chi connectivity index (χ3n) is 6.01. The summed E-state index contributed by atoms with van der Waals surface area (Å²) in [4.78, 5) is 20.7. The molecule has 28 heavy (non-hydrogen) atoms. The maximum atomic E-state index is 13.2. The molecule has 3 heterocycles. The minimum Gasteiger partial charge on any atom is -0.361 e. The molecular weight excluding hydrogens is 352 g/mol. The summed E-state index contributed by atoms with van der Waals surface area (Å²) in [5.41, 5.74) is 1.85. The second kappa shape index (κ2) is 7.17. The number of hydrogen-bond acceptors (Lipinski definition) is 5. The van der Waals surface area contributed by atoms with Crippen LogP contribution in [0.5, 0.6) is 0 Å². The number of rotatable bonds is 6.